The Labute approximate surface area is 108 Å². The number of hydrogen-bond donors (Lipinski definition) is 1. The molecule has 2 amide bonds. The van der Waals surface area contributed by atoms with Crippen molar-refractivity contribution in [2.24, 2.45) is 5.92 Å². The third-order valence-corrected chi connectivity index (χ3v) is 3.88. The molecule has 0 spiro atoms. The fourth-order valence-electron chi connectivity index (χ4n) is 2.50. The summed E-state index contributed by atoms with van der Waals surface area (Å²) in [5, 5.41) is 2.80. The summed E-state index contributed by atoms with van der Waals surface area (Å²) in [7, 11) is 0. The summed E-state index contributed by atoms with van der Waals surface area (Å²) in [6.45, 7) is 6.24. The average Bonchev–Trinajstić information content (AvgIpc) is 2.27. The number of nitrogens with zero attached hydrogens (tertiary/aromatic N) is 2. The van der Waals surface area contributed by atoms with E-state index in [1.165, 1.54) is 6.42 Å². The van der Waals surface area contributed by atoms with Crippen molar-refractivity contribution < 1.29 is 9.59 Å². The first-order chi connectivity index (χ1) is 8.70. The molecule has 0 aromatic heterocycles. The van der Waals surface area contributed by atoms with Crippen LogP contribution in [-0.2, 0) is 9.59 Å². The van der Waals surface area contributed by atoms with Gasteiger partial charge in [0.2, 0.25) is 11.8 Å². The van der Waals surface area contributed by atoms with Crippen molar-refractivity contribution in [1.82, 2.24) is 15.1 Å². The Bertz CT molecular complexity index is 307. The van der Waals surface area contributed by atoms with Gasteiger partial charge in [0.15, 0.2) is 0 Å². The number of carbonyl (C=O) groups is 2. The average molecular weight is 253 g/mol. The summed E-state index contributed by atoms with van der Waals surface area (Å²) in [5.41, 5.74) is 0. The summed E-state index contributed by atoms with van der Waals surface area (Å²) in [4.78, 5) is 27.6. The molecule has 1 heterocycles. The number of likely N-dealkylation sites (N-methyl/N-ethyl adjacent to an activating group) is 1. The van der Waals surface area contributed by atoms with Crippen LogP contribution in [0.25, 0.3) is 0 Å². The summed E-state index contributed by atoms with van der Waals surface area (Å²) < 4.78 is 0. The molecule has 102 valence electrons. The Morgan fingerprint density at radius 2 is 1.83 bits per heavy atom. The van der Waals surface area contributed by atoms with Gasteiger partial charge in [-0.1, -0.05) is 6.42 Å². The molecule has 1 N–H and O–H groups in total. The molecular weight excluding hydrogens is 230 g/mol. The molecule has 0 aromatic rings. The Kier molecular flexibility index (Phi) is 4.58. The first kappa shape index (κ1) is 13.3. The minimum atomic E-state index is 0.0799. The minimum absolute atomic E-state index is 0.0799. The van der Waals surface area contributed by atoms with E-state index in [9.17, 15) is 9.59 Å². The number of piperazine rings is 1. The normalized spacial score (nSPS) is 21.5. The third-order valence-electron chi connectivity index (χ3n) is 3.88. The van der Waals surface area contributed by atoms with E-state index in [4.69, 9.17) is 0 Å². The fourth-order valence-corrected chi connectivity index (χ4v) is 2.50. The third kappa shape index (κ3) is 3.22. The van der Waals surface area contributed by atoms with Gasteiger partial charge in [0, 0.05) is 38.6 Å². The number of amides is 2. The van der Waals surface area contributed by atoms with E-state index in [1.807, 2.05) is 11.8 Å². The summed E-state index contributed by atoms with van der Waals surface area (Å²) >= 11 is 0. The highest BCUT2D eigenvalue weighted by molar-refractivity contribution is 5.80. The van der Waals surface area contributed by atoms with Crippen molar-refractivity contribution in [3.63, 3.8) is 0 Å². The molecule has 0 aromatic carbocycles. The first-order valence-electron chi connectivity index (χ1n) is 6.98. The van der Waals surface area contributed by atoms with Crippen LogP contribution < -0.4 is 5.32 Å². The van der Waals surface area contributed by atoms with Crippen molar-refractivity contribution in [3.05, 3.63) is 0 Å². The van der Waals surface area contributed by atoms with E-state index < -0.39 is 0 Å². The van der Waals surface area contributed by atoms with E-state index in [2.05, 4.69) is 10.2 Å². The van der Waals surface area contributed by atoms with Gasteiger partial charge < -0.3 is 10.2 Å². The molecule has 1 saturated heterocycles. The Morgan fingerprint density at radius 3 is 2.33 bits per heavy atom. The smallest absolute Gasteiger partial charge is 0.234 e. The van der Waals surface area contributed by atoms with Crippen LogP contribution in [0.5, 0.6) is 0 Å². The summed E-state index contributed by atoms with van der Waals surface area (Å²) in [6, 6.07) is 0. The summed E-state index contributed by atoms with van der Waals surface area (Å²) in [5.74, 6) is 0.704. The SMILES string of the molecule is CCNC(=O)CN1CCN(C(=O)C2CCC2)CC1. The van der Waals surface area contributed by atoms with Crippen LogP contribution in [0.2, 0.25) is 0 Å². The van der Waals surface area contributed by atoms with Gasteiger partial charge in [-0.05, 0) is 19.8 Å². The Morgan fingerprint density at radius 1 is 1.17 bits per heavy atom. The molecule has 2 aliphatic rings. The summed E-state index contributed by atoms with van der Waals surface area (Å²) in [6.07, 6.45) is 3.34. The predicted molar refractivity (Wildman–Crippen MR) is 69.0 cm³/mol. The van der Waals surface area contributed by atoms with Crippen LogP contribution in [0.4, 0.5) is 0 Å². The van der Waals surface area contributed by atoms with Crippen LogP contribution in [0.3, 0.4) is 0 Å². The maximum Gasteiger partial charge on any atom is 0.234 e. The van der Waals surface area contributed by atoms with Gasteiger partial charge in [-0.3, -0.25) is 14.5 Å². The van der Waals surface area contributed by atoms with Crippen molar-refractivity contribution >= 4 is 11.8 Å². The first-order valence-corrected chi connectivity index (χ1v) is 6.98. The molecule has 5 nitrogen and oxygen atoms in total. The topological polar surface area (TPSA) is 52.7 Å². The number of hydrogen-bond acceptors (Lipinski definition) is 3. The second-order valence-electron chi connectivity index (χ2n) is 5.18. The van der Waals surface area contributed by atoms with Crippen LogP contribution in [0.15, 0.2) is 0 Å². The second kappa shape index (κ2) is 6.18. The van der Waals surface area contributed by atoms with Gasteiger partial charge in [-0.25, -0.2) is 0 Å². The molecule has 0 bridgehead atoms. The van der Waals surface area contributed by atoms with Crippen molar-refractivity contribution in [3.8, 4) is 0 Å². The number of rotatable bonds is 4. The van der Waals surface area contributed by atoms with Gasteiger partial charge in [0.1, 0.15) is 0 Å². The molecule has 0 radical (unpaired) electrons. The molecule has 1 aliphatic heterocycles. The molecule has 1 saturated carbocycles. The standard InChI is InChI=1S/C13H23N3O2/c1-2-14-12(17)10-15-6-8-16(9-7-15)13(18)11-4-3-5-11/h11H,2-10H2,1H3,(H,14,17). The van der Waals surface area contributed by atoms with E-state index in [-0.39, 0.29) is 5.91 Å². The molecule has 18 heavy (non-hydrogen) atoms. The molecule has 0 atom stereocenters. The van der Waals surface area contributed by atoms with Crippen molar-refractivity contribution in [2.45, 2.75) is 26.2 Å². The zero-order valence-corrected chi connectivity index (χ0v) is 11.2. The van der Waals surface area contributed by atoms with Gasteiger partial charge in [-0.2, -0.15) is 0 Å². The zero-order valence-electron chi connectivity index (χ0n) is 11.2. The van der Waals surface area contributed by atoms with Gasteiger partial charge >= 0.3 is 0 Å². The van der Waals surface area contributed by atoms with Crippen molar-refractivity contribution in [2.75, 3.05) is 39.3 Å². The lowest BCUT2D eigenvalue weighted by Crippen LogP contribution is -2.52. The van der Waals surface area contributed by atoms with Crippen LogP contribution in [0, 0.1) is 5.92 Å². The van der Waals surface area contributed by atoms with Crippen LogP contribution in [0.1, 0.15) is 26.2 Å². The molecule has 5 heteroatoms. The molecule has 2 rings (SSSR count). The van der Waals surface area contributed by atoms with E-state index >= 15 is 0 Å². The maximum atomic E-state index is 12.0. The fraction of sp³-hybridized carbons (Fsp3) is 0.846. The number of carbonyl (C=O) groups excluding carboxylic acids is 2. The molecule has 0 unspecified atom stereocenters. The monoisotopic (exact) mass is 253 g/mol. The lowest BCUT2D eigenvalue weighted by atomic mass is 9.84. The van der Waals surface area contributed by atoms with Crippen molar-refractivity contribution in [1.29, 1.82) is 0 Å². The van der Waals surface area contributed by atoms with Gasteiger partial charge in [0.25, 0.3) is 0 Å². The Balaban J connectivity index is 1.70. The molecule has 2 fully saturated rings. The largest absolute Gasteiger partial charge is 0.355 e. The highest BCUT2D eigenvalue weighted by Gasteiger charge is 2.31. The van der Waals surface area contributed by atoms with Crippen LogP contribution >= 0.6 is 0 Å². The second-order valence-corrected chi connectivity index (χ2v) is 5.18. The molecule has 1 aliphatic carbocycles. The maximum absolute atomic E-state index is 12.0. The van der Waals surface area contributed by atoms with E-state index in [1.54, 1.807) is 0 Å². The van der Waals surface area contributed by atoms with E-state index in [0.717, 1.165) is 39.0 Å². The zero-order chi connectivity index (χ0) is 13.0. The quantitative estimate of drug-likeness (QED) is 0.771. The Hall–Kier alpha value is -1.10. The minimum Gasteiger partial charge on any atom is -0.355 e. The highest BCUT2D eigenvalue weighted by Crippen LogP contribution is 2.28. The van der Waals surface area contributed by atoms with Gasteiger partial charge in [0.05, 0.1) is 6.54 Å². The lowest BCUT2D eigenvalue weighted by Gasteiger charge is -2.37. The van der Waals surface area contributed by atoms with Gasteiger partial charge in [-0.15, -0.1) is 0 Å². The van der Waals surface area contributed by atoms with Crippen LogP contribution in [-0.4, -0.2) is 60.9 Å². The molecular formula is C13H23N3O2. The number of nitrogens with one attached hydrogen (secondary N) is 1. The highest BCUT2D eigenvalue weighted by atomic mass is 16.2. The predicted octanol–water partition coefficient (Wildman–Crippen LogP) is 0.0668. The van der Waals surface area contributed by atoms with E-state index in [0.29, 0.717) is 24.9 Å². The lowest BCUT2D eigenvalue weighted by molar-refractivity contribution is -0.140.